The summed E-state index contributed by atoms with van der Waals surface area (Å²) in [7, 11) is 2.99. The number of nitrogens with zero attached hydrogens (tertiary/aromatic N) is 2. The van der Waals surface area contributed by atoms with Crippen LogP contribution in [0.15, 0.2) is 76.0 Å². The lowest BCUT2D eigenvalue weighted by atomic mass is 10.0. The van der Waals surface area contributed by atoms with Gasteiger partial charge in [-0.1, -0.05) is 30.3 Å². The van der Waals surface area contributed by atoms with Crippen molar-refractivity contribution >= 4 is 28.4 Å². The summed E-state index contributed by atoms with van der Waals surface area (Å²) in [5.41, 5.74) is 1.85. The van der Waals surface area contributed by atoms with E-state index in [0.29, 0.717) is 40.2 Å². The number of carbonyl (C=O) groups is 2. The van der Waals surface area contributed by atoms with Crippen LogP contribution in [0.3, 0.4) is 0 Å². The molecule has 216 valence electrons. The molecule has 0 unspecified atom stereocenters. The molecule has 5 rings (SSSR count). The first-order valence-corrected chi connectivity index (χ1v) is 13.1. The predicted molar refractivity (Wildman–Crippen MR) is 154 cm³/mol. The number of rotatable bonds is 6. The molecule has 2 aromatic heterocycles. The first-order chi connectivity index (χ1) is 19.9. The van der Waals surface area contributed by atoms with Crippen molar-refractivity contribution in [2.75, 3.05) is 12.4 Å². The molecule has 0 fully saturated rings. The van der Waals surface area contributed by atoms with Crippen molar-refractivity contribution in [3.05, 3.63) is 99.5 Å². The molecule has 0 saturated heterocycles. The van der Waals surface area contributed by atoms with Crippen molar-refractivity contribution in [2.45, 2.75) is 26.6 Å². The van der Waals surface area contributed by atoms with Crippen LogP contribution in [0.25, 0.3) is 33.3 Å². The SMILES string of the molecule is CCn1c(-c2ccc(-c3c(C)on(C)c3=O)cc2)cc2cc(C(F)(F)F)cc(C(=O)Nc3cccc(C(=O)NC)c3)c21. The minimum Gasteiger partial charge on any atom is -0.381 e. The third-order valence-electron chi connectivity index (χ3n) is 7.09. The van der Waals surface area contributed by atoms with Gasteiger partial charge in [0.2, 0.25) is 0 Å². The summed E-state index contributed by atoms with van der Waals surface area (Å²) in [6.45, 7) is 3.89. The van der Waals surface area contributed by atoms with E-state index in [2.05, 4.69) is 10.6 Å². The fourth-order valence-electron chi connectivity index (χ4n) is 5.13. The summed E-state index contributed by atoms with van der Waals surface area (Å²) in [5, 5.41) is 5.38. The molecular weight excluding hydrogens is 549 g/mol. The standard InChI is InChI=1S/C31H27F3N4O4/c1-5-38-25(18-9-11-19(12-10-18)26-17(2)42-37(4)30(26)41)15-21-13-22(31(32,33)34)16-24(27(21)38)29(40)36-23-8-6-7-20(14-23)28(39)35-3/h6-16H,5H2,1-4H3,(H,35,39)(H,36,40). The zero-order chi connectivity index (χ0) is 30.3. The monoisotopic (exact) mass is 576 g/mol. The van der Waals surface area contributed by atoms with Crippen LogP contribution in [0, 0.1) is 6.92 Å². The van der Waals surface area contributed by atoms with Crippen molar-refractivity contribution in [2.24, 2.45) is 7.05 Å². The summed E-state index contributed by atoms with van der Waals surface area (Å²) < 4.78 is 50.1. The van der Waals surface area contributed by atoms with Crippen molar-refractivity contribution in [1.82, 2.24) is 14.6 Å². The molecule has 42 heavy (non-hydrogen) atoms. The van der Waals surface area contributed by atoms with Crippen LogP contribution in [0.4, 0.5) is 18.9 Å². The highest BCUT2D eigenvalue weighted by molar-refractivity contribution is 6.13. The molecule has 3 aromatic carbocycles. The van der Waals surface area contributed by atoms with Crippen LogP contribution in [-0.4, -0.2) is 28.2 Å². The van der Waals surface area contributed by atoms with Gasteiger partial charge < -0.3 is 19.7 Å². The van der Waals surface area contributed by atoms with Crippen LogP contribution in [-0.2, 0) is 19.8 Å². The van der Waals surface area contributed by atoms with E-state index in [-0.39, 0.29) is 33.7 Å². The third kappa shape index (κ3) is 5.09. The quantitative estimate of drug-likeness (QED) is 0.251. The molecule has 2 N–H and O–H groups in total. The topological polar surface area (TPSA) is 98.3 Å². The van der Waals surface area contributed by atoms with E-state index in [1.165, 1.54) is 20.2 Å². The smallest absolute Gasteiger partial charge is 0.381 e. The fraction of sp³-hybridized carbons (Fsp3) is 0.194. The maximum absolute atomic E-state index is 13.9. The van der Waals surface area contributed by atoms with Gasteiger partial charge in [-0.05, 0) is 61.4 Å². The molecule has 8 nitrogen and oxygen atoms in total. The van der Waals surface area contributed by atoms with E-state index in [0.717, 1.165) is 16.9 Å². The number of amides is 2. The molecule has 0 saturated carbocycles. The molecule has 0 aliphatic heterocycles. The van der Waals surface area contributed by atoms with Crippen LogP contribution < -0.4 is 16.2 Å². The molecule has 0 bridgehead atoms. The minimum atomic E-state index is -4.69. The Kier molecular flexibility index (Phi) is 7.27. The number of benzene rings is 3. The van der Waals surface area contributed by atoms with Gasteiger partial charge in [-0.15, -0.1) is 0 Å². The van der Waals surface area contributed by atoms with Gasteiger partial charge >= 0.3 is 6.18 Å². The van der Waals surface area contributed by atoms with Gasteiger partial charge in [0.05, 0.1) is 22.2 Å². The number of anilines is 1. The van der Waals surface area contributed by atoms with Gasteiger partial charge in [-0.2, -0.15) is 17.9 Å². The van der Waals surface area contributed by atoms with E-state index in [1.807, 2.05) is 6.92 Å². The average Bonchev–Trinajstić information content (AvgIpc) is 3.46. The third-order valence-corrected chi connectivity index (χ3v) is 7.09. The molecule has 0 aliphatic carbocycles. The highest BCUT2D eigenvalue weighted by Crippen LogP contribution is 2.37. The molecule has 2 amide bonds. The highest BCUT2D eigenvalue weighted by Gasteiger charge is 2.33. The lowest BCUT2D eigenvalue weighted by Crippen LogP contribution is -2.19. The molecule has 0 aliphatic rings. The molecule has 2 heterocycles. The number of nitrogens with one attached hydrogen (secondary N) is 2. The maximum atomic E-state index is 13.9. The van der Waals surface area contributed by atoms with Crippen molar-refractivity contribution in [3.8, 4) is 22.4 Å². The minimum absolute atomic E-state index is 0.160. The Hall–Kier alpha value is -5.06. The first kappa shape index (κ1) is 28.5. The molecular formula is C31H27F3N4O4. The Morgan fingerprint density at radius 1 is 0.952 bits per heavy atom. The number of carbonyl (C=O) groups excluding carboxylic acids is 2. The lowest BCUT2D eigenvalue weighted by Gasteiger charge is -2.15. The summed E-state index contributed by atoms with van der Waals surface area (Å²) in [5.74, 6) is -0.651. The van der Waals surface area contributed by atoms with Gasteiger partial charge in [-0.3, -0.25) is 14.4 Å². The average molecular weight is 577 g/mol. The second-order valence-corrected chi connectivity index (χ2v) is 9.75. The summed E-state index contributed by atoms with van der Waals surface area (Å²) in [6, 6.07) is 16.7. The van der Waals surface area contributed by atoms with Gasteiger partial charge in [0.15, 0.2) is 0 Å². The molecule has 0 atom stereocenters. The Balaban J connectivity index is 1.62. The lowest BCUT2D eigenvalue weighted by molar-refractivity contribution is -0.137. The Bertz CT molecular complexity index is 1900. The number of alkyl halides is 3. The van der Waals surface area contributed by atoms with Gasteiger partial charge in [0.25, 0.3) is 17.4 Å². The summed E-state index contributed by atoms with van der Waals surface area (Å²) in [4.78, 5) is 38.0. The van der Waals surface area contributed by atoms with Crippen molar-refractivity contribution in [3.63, 3.8) is 0 Å². The second kappa shape index (κ2) is 10.7. The summed E-state index contributed by atoms with van der Waals surface area (Å²) >= 11 is 0. The van der Waals surface area contributed by atoms with E-state index >= 15 is 0 Å². The second-order valence-electron chi connectivity index (χ2n) is 9.75. The van der Waals surface area contributed by atoms with Crippen LogP contribution >= 0.6 is 0 Å². The molecule has 0 spiro atoms. The van der Waals surface area contributed by atoms with Gasteiger partial charge in [0, 0.05) is 43.0 Å². The first-order valence-electron chi connectivity index (χ1n) is 13.1. The number of aromatic nitrogens is 2. The van der Waals surface area contributed by atoms with E-state index in [4.69, 9.17) is 4.52 Å². The fourth-order valence-corrected chi connectivity index (χ4v) is 5.13. The zero-order valence-corrected chi connectivity index (χ0v) is 23.2. The van der Waals surface area contributed by atoms with Crippen molar-refractivity contribution < 1.29 is 27.3 Å². The predicted octanol–water partition coefficient (Wildman–Crippen LogP) is 6.23. The van der Waals surface area contributed by atoms with E-state index in [9.17, 15) is 27.6 Å². The van der Waals surface area contributed by atoms with Gasteiger partial charge in [0.1, 0.15) is 5.76 Å². The van der Waals surface area contributed by atoms with Crippen molar-refractivity contribution in [1.29, 1.82) is 0 Å². The summed E-state index contributed by atoms with van der Waals surface area (Å²) in [6.07, 6.45) is -4.69. The molecule has 0 radical (unpaired) electrons. The zero-order valence-electron chi connectivity index (χ0n) is 23.2. The molecule has 5 aromatic rings. The van der Waals surface area contributed by atoms with Crippen LogP contribution in [0.2, 0.25) is 0 Å². The number of hydrogen-bond donors (Lipinski definition) is 2. The Morgan fingerprint density at radius 3 is 2.24 bits per heavy atom. The van der Waals surface area contributed by atoms with E-state index < -0.39 is 17.6 Å². The normalized spacial score (nSPS) is 11.6. The van der Waals surface area contributed by atoms with E-state index in [1.54, 1.807) is 60.0 Å². The number of fused-ring (bicyclic) bond motifs is 1. The number of aryl methyl sites for hydroxylation is 3. The Labute approximate surface area is 238 Å². The molecule has 11 heteroatoms. The largest absolute Gasteiger partial charge is 0.416 e. The Morgan fingerprint density at radius 2 is 1.64 bits per heavy atom. The van der Waals surface area contributed by atoms with Crippen LogP contribution in [0.1, 0.15) is 39.0 Å². The number of halogens is 3. The maximum Gasteiger partial charge on any atom is 0.416 e. The number of hydrogen-bond acceptors (Lipinski definition) is 4. The van der Waals surface area contributed by atoms with Gasteiger partial charge in [-0.25, -0.2) is 0 Å². The van der Waals surface area contributed by atoms with Crippen LogP contribution in [0.5, 0.6) is 0 Å². The highest BCUT2D eigenvalue weighted by atomic mass is 19.4.